The maximum Gasteiger partial charge on any atom is 0.323 e. The Labute approximate surface area is 132 Å². The van der Waals surface area contributed by atoms with Crippen LogP contribution in [0, 0.1) is 0 Å². The molecular weight excluding hydrogens is 298 g/mol. The van der Waals surface area contributed by atoms with Gasteiger partial charge in [-0.3, -0.25) is 9.59 Å². The molecule has 0 radical (unpaired) electrons. The highest BCUT2D eigenvalue weighted by Gasteiger charge is 2.10. The highest BCUT2D eigenvalue weighted by atomic mass is 16.5. The lowest BCUT2D eigenvalue weighted by molar-refractivity contribution is -0.131. The molecule has 23 heavy (non-hydrogen) atoms. The lowest BCUT2D eigenvalue weighted by Crippen LogP contribution is -2.22. The number of urea groups is 1. The Kier molecular flexibility index (Phi) is 4.93. The molecule has 0 spiro atoms. The van der Waals surface area contributed by atoms with Crippen LogP contribution < -0.4 is 21.1 Å². The van der Waals surface area contributed by atoms with E-state index in [0.717, 1.165) is 0 Å². The Bertz CT molecular complexity index is 758. The van der Waals surface area contributed by atoms with E-state index in [4.69, 9.17) is 10.5 Å². The molecule has 3 amide bonds. The molecule has 0 saturated carbocycles. The van der Waals surface area contributed by atoms with E-state index in [2.05, 4.69) is 10.6 Å². The number of primary amides is 1. The number of hydrogen-bond donors (Lipinski definition) is 3. The topological polar surface area (TPSA) is 111 Å². The first-order chi connectivity index (χ1) is 11.0. The van der Waals surface area contributed by atoms with Crippen molar-refractivity contribution in [1.29, 1.82) is 0 Å². The van der Waals surface area contributed by atoms with Crippen LogP contribution in [0.1, 0.15) is 17.3 Å². The molecule has 7 nitrogen and oxygen atoms in total. The number of carbonyl (C=O) groups excluding carboxylic acids is 3. The highest BCUT2D eigenvalue weighted by Crippen LogP contribution is 2.19. The van der Waals surface area contributed by atoms with E-state index < -0.39 is 17.9 Å². The molecule has 0 aliphatic rings. The van der Waals surface area contributed by atoms with Gasteiger partial charge in [-0.1, -0.05) is 18.2 Å². The van der Waals surface area contributed by atoms with E-state index in [9.17, 15) is 14.4 Å². The monoisotopic (exact) mass is 313 g/mol. The van der Waals surface area contributed by atoms with Crippen LogP contribution in [-0.4, -0.2) is 17.9 Å². The Hall–Kier alpha value is -3.35. The Morgan fingerprint density at radius 2 is 1.74 bits per heavy atom. The molecule has 0 bridgehead atoms. The second-order valence-electron chi connectivity index (χ2n) is 4.61. The molecular formula is C16H15N3O4. The van der Waals surface area contributed by atoms with Crippen LogP contribution in [0.4, 0.5) is 16.2 Å². The van der Waals surface area contributed by atoms with E-state index in [1.54, 1.807) is 36.4 Å². The number of amides is 3. The van der Waals surface area contributed by atoms with Crippen LogP contribution >= 0.6 is 0 Å². The molecule has 7 heteroatoms. The molecule has 0 heterocycles. The molecule has 4 N–H and O–H groups in total. The minimum atomic E-state index is -0.641. The zero-order chi connectivity index (χ0) is 16.8. The van der Waals surface area contributed by atoms with Crippen molar-refractivity contribution in [3.63, 3.8) is 0 Å². The second kappa shape index (κ2) is 7.08. The second-order valence-corrected chi connectivity index (χ2v) is 4.61. The Balaban J connectivity index is 2.08. The van der Waals surface area contributed by atoms with Crippen molar-refractivity contribution in [2.24, 2.45) is 5.73 Å². The zero-order valence-corrected chi connectivity index (χ0v) is 12.3. The predicted molar refractivity (Wildman–Crippen MR) is 85.4 cm³/mol. The van der Waals surface area contributed by atoms with Crippen molar-refractivity contribution in [3.05, 3.63) is 54.1 Å². The maximum atomic E-state index is 12.0. The van der Waals surface area contributed by atoms with Crippen LogP contribution in [0.2, 0.25) is 0 Å². The third kappa shape index (κ3) is 4.57. The van der Waals surface area contributed by atoms with Crippen LogP contribution in [0.15, 0.2) is 48.5 Å². The minimum absolute atomic E-state index is 0.205. The Morgan fingerprint density at radius 3 is 2.43 bits per heavy atom. The van der Waals surface area contributed by atoms with Gasteiger partial charge in [0.1, 0.15) is 5.75 Å². The lowest BCUT2D eigenvalue weighted by Gasteiger charge is -2.11. The summed E-state index contributed by atoms with van der Waals surface area (Å²) in [7, 11) is 0. The average Bonchev–Trinajstić information content (AvgIpc) is 2.47. The number of ether oxygens (including phenoxy) is 1. The fourth-order valence-electron chi connectivity index (χ4n) is 1.89. The molecule has 2 aromatic rings. The number of anilines is 2. The lowest BCUT2D eigenvalue weighted by atomic mass is 10.1. The van der Waals surface area contributed by atoms with Crippen LogP contribution in [0.25, 0.3) is 0 Å². The fraction of sp³-hybridized carbons (Fsp3) is 0.0625. The van der Waals surface area contributed by atoms with Gasteiger partial charge in [-0.25, -0.2) is 4.79 Å². The summed E-state index contributed by atoms with van der Waals surface area (Å²) in [6.45, 7) is 1.29. The van der Waals surface area contributed by atoms with Crippen LogP contribution in [-0.2, 0) is 4.79 Å². The fourth-order valence-corrected chi connectivity index (χ4v) is 1.89. The first-order valence-electron chi connectivity index (χ1n) is 6.71. The molecule has 2 rings (SSSR count). The smallest absolute Gasteiger partial charge is 0.323 e. The van der Waals surface area contributed by atoms with Crippen LogP contribution in [0.5, 0.6) is 5.75 Å². The largest absolute Gasteiger partial charge is 0.427 e. The number of para-hydroxylation sites is 1. The average molecular weight is 313 g/mol. The van der Waals surface area contributed by atoms with Gasteiger partial charge in [-0.2, -0.15) is 0 Å². The number of benzene rings is 2. The molecule has 118 valence electrons. The number of nitrogens with two attached hydrogens (primary N) is 1. The molecule has 0 aromatic heterocycles. The zero-order valence-electron chi connectivity index (χ0n) is 12.3. The summed E-state index contributed by atoms with van der Waals surface area (Å²) < 4.78 is 4.93. The van der Waals surface area contributed by atoms with Gasteiger partial charge in [-0.15, -0.1) is 0 Å². The van der Waals surface area contributed by atoms with Gasteiger partial charge >= 0.3 is 12.0 Å². The van der Waals surface area contributed by atoms with Gasteiger partial charge in [0.2, 0.25) is 0 Å². The van der Waals surface area contributed by atoms with Crippen molar-refractivity contribution >= 4 is 29.3 Å². The van der Waals surface area contributed by atoms with Gasteiger partial charge in [0, 0.05) is 18.7 Å². The van der Waals surface area contributed by atoms with E-state index in [-0.39, 0.29) is 5.56 Å². The number of carbonyl (C=O) groups is 3. The number of hydrogen-bond acceptors (Lipinski definition) is 4. The van der Waals surface area contributed by atoms with Gasteiger partial charge < -0.3 is 21.1 Å². The molecule has 0 saturated heterocycles. The third-order valence-corrected chi connectivity index (χ3v) is 2.79. The summed E-state index contributed by atoms with van der Waals surface area (Å²) in [4.78, 5) is 34.2. The van der Waals surface area contributed by atoms with Crippen molar-refractivity contribution < 1.29 is 19.1 Å². The Morgan fingerprint density at radius 1 is 1.00 bits per heavy atom. The number of esters is 1. The molecule has 0 atom stereocenters. The van der Waals surface area contributed by atoms with Gasteiger partial charge in [0.25, 0.3) is 5.91 Å². The van der Waals surface area contributed by atoms with Crippen molar-refractivity contribution in [3.8, 4) is 5.75 Å². The first kappa shape index (κ1) is 16.0. The summed E-state index contributed by atoms with van der Waals surface area (Å²) in [5.41, 5.74) is 6.18. The van der Waals surface area contributed by atoms with E-state index in [0.29, 0.717) is 17.1 Å². The third-order valence-electron chi connectivity index (χ3n) is 2.79. The van der Waals surface area contributed by atoms with E-state index in [1.807, 2.05) is 0 Å². The quantitative estimate of drug-likeness (QED) is 0.594. The van der Waals surface area contributed by atoms with Crippen LogP contribution in [0.3, 0.4) is 0 Å². The summed E-state index contributed by atoms with van der Waals surface area (Å²) in [6, 6.07) is 12.2. The van der Waals surface area contributed by atoms with Crippen molar-refractivity contribution in [2.75, 3.05) is 10.6 Å². The first-order valence-corrected chi connectivity index (χ1v) is 6.71. The number of nitrogens with one attached hydrogen (secondary N) is 2. The summed E-state index contributed by atoms with van der Waals surface area (Å²) in [6.07, 6.45) is 0. The molecule has 0 aliphatic heterocycles. The number of rotatable bonds is 4. The summed E-state index contributed by atoms with van der Waals surface area (Å²) in [5, 5.41) is 5.12. The molecule has 0 aliphatic carbocycles. The van der Waals surface area contributed by atoms with E-state index in [1.165, 1.54) is 19.1 Å². The van der Waals surface area contributed by atoms with Gasteiger partial charge in [-0.05, 0) is 24.3 Å². The van der Waals surface area contributed by atoms with Crippen molar-refractivity contribution in [2.45, 2.75) is 6.92 Å². The predicted octanol–water partition coefficient (Wildman–Crippen LogP) is 2.35. The molecule has 0 unspecified atom stereocenters. The highest BCUT2D eigenvalue weighted by molar-refractivity contribution is 6.06. The maximum absolute atomic E-state index is 12.0. The SMILES string of the molecule is CC(=O)Oc1cccc(NC(=O)Nc2ccccc2C(N)=O)c1. The minimum Gasteiger partial charge on any atom is -0.427 e. The van der Waals surface area contributed by atoms with E-state index >= 15 is 0 Å². The van der Waals surface area contributed by atoms with Gasteiger partial charge in [0.05, 0.1) is 11.3 Å². The standard InChI is InChI=1S/C16H15N3O4/c1-10(20)23-12-6-4-5-11(9-12)18-16(22)19-14-8-3-2-7-13(14)15(17)21/h2-9H,1H3,(H2,17,21)(H2,18,19,22). The summed E-state index contributed by atoms with van der Waals surface area (Å²) in [5.74, 6) is -0.785. The summed E-state index contributed by atoms with van der Waals surface area (Å²) >= 11 is 0. The molecule has 0 fully saturated rings. The normalized spacial score (nSPS) is 9.78. The van der Waals surface area contributed by atoms with Gasteiger partial charge in [0.15, 0.2) is 0 Å². The van der Waals surface area contributed by atoms with Crippen molar-refractivity contribution in [1.82, 2.24) is 0 Å². The molecule has 2 aromatic carbocycles.